The number of hydrogen-bond donors (Lipinski definition) is 1. The minimum absolute atomic E-state index is 0.0214. The number of hydrogen-bond acceptors (Lipinski definition) is 3. The molecule has 4 heteroatoms. The summed E-state index contributed by atoms with van der Waals surface area (Å²) in [6.45, 7) is 8.18. The quantitative estimate of drug-likeness (QED) is 0.778. The van der Waals surface area contributed by atoms with Gasteiger partial charge in [0.05, 0.1) is 0 Å². The summed E-state index contributed by atoms with van der Waals surface area (Å²) in [4.78, 5) is 11.9. The van der Waals surface area contributed by atoms with E-state index in [4.69, 9.17) is 0 Å². The monoisotopic (exact) mass is 323 g/mol. The van der Waals surface area contributed by atoms with Crippen molar-refractivity contribution < 1.29 is 4.79 Å². The summed E-state index contributed by atoms with van der Waals surface area (Å²) >= 11 is 3.70. The topological polar surface area (TPSA) is 29.1 Å². The van der Waals surface area contributed by atoms with Gasteiger partial charge < -0.3 is 5.32 Å². The van der Waals surface area contributed by atoms with E-state index in [0.29, 0.717) is 11.5 Å². The van der Waals surface area contributed by atoms with Gasteiger partial charge in [0.25, 0.3) is 5.91 Å². The van der Waals surface area contributed by atoms with Crippen molar-refractivity contribution in [2.45, 2.75) is 19.9 Å². The van der Waals surface area contributed by atoms with Gasteiger partial charge in [-0.2, -0.15) is 23.5 Å². The third-order valence-corrected chi connectivity index (χ3v) is 4.64. The standard InChI is InChI=1S/C17H25NOS2/c1-12(2)18-17(19)15-8-6-14(7-9-15)13(3)16(10-20-4)11-21-5/h6-9,12,16H,3,10-11H2,1-2,4-5H3,(H,18,19). The van der Waals surface area contributed by atoms with Crippen molar-refractivity contribution in [3.63, 3.8) is 0 Å². The van der Waals surface area contributed by atoms with Crippen LogP contribution in [-0.2, 0) is 0 Å². The minimum atomic E-state index is -0.0214. The Morgan fingerprint density at radius 2 is 1.57 bits per heavy atom. The van der Waals surface area contributed by atoms with Gasteiger partial charge in [0.2, 0.25) is 0 Å². The normalized spacial score (nSPS) is 11.0. The zero-order valence-corrected chi connectivity index (χ0v) is 14.9. The Kier molecular flexibility index (Phi) is 7.97. The predicted molar refractivity (Wildman–Crippen MR) is 98.3 cm³/mol. The van der Waals surface area contributed by atoms with E-state index in [1.54, 1.807) is 0 Å². The molecule has 0 spiro atoms. The highest BCUT2D eigenvalue weighted by molar-refractivity contribution is 7.99. The molecule has 1 amide bonds. The molecule has 0 unspecified atom stereocenters. The maximum absolute atomic E-state index is 11.9. The first-order valence-electron chi connectivity index (χ1n) is 7.07. The second-order valence-electron chi connectivity index (χ2n) is 5.34. The number of carbonyl (C=O) groups excluding carboxylic acids is 1. The lowest BCUT2D eigenvalue weighted by Gasteiger charge is -2.18. The van der Waals surface area contributed by atoms with Crippen molar-refractivity contribution >= 4 is 35.0 Å². The summed E-state index contributed by atoms with van der Waals surface area (Å²) in [6.07, 6.45) is 4.25. The molecule has 1 rings (SSSR count). The summed E-state index contributed by atoms with van der Waals surface area (Å²) in [6, 6.07) is 7.93. The van der Waals surface area contributed by atoms with Gasteiger partial charge in [-0.3, -0.25) is 4.79 Å². The van der Waals surface area contributed by atoms with Crippen LogP contribution >= 0.6 is 23.5 Å². The molecule has 0 aliphatic rings. The smallest absolute Gasteiger partial charge is 0.251 e. The summed E-state index contributed by atoms with van der Waals surface area (Å²) in [5.74, 6) is 2.61. The third-order valence-electron chi connectivity index (χ3n) is 3.17. The fraction of sp³-hybridized carbons (Fsp3) is 0.471. The van der Waals surface area contributed by atoms with Gasteiger partial charge in [0.15, 0.2) is 0 Å². The molecule has 1 aromatic carbocycles. The average Bonchev–Trinajstić information content (AvgIpc) is 2.46. The molecule has 2 nitrogen and oxygen atoms in total. The van der Waals surface area contributed by atoms with Crippen LogP contribution in [0, 0.1) is 5.92 Å². The van der Waals surface area contributed by atoms with Gasteiger partial charge in [-0.05, 0) is 49.6 Å². The first kappa shape index (κ1) is 18.2. The molecule has 116 valence electrons. The van der Waals surface area contributed by atoms with E-state index in [9.17, 15) is 4.79 Å². The van der Waals surface area contributed by atoms with Crippen molar-refractivity contribution in [3.8, 4) is 0 Å². The Balaban J connectivity index is 2.80. The molecular formula is C17H25NOS2. The van der Waals surface area contributed by atoms with E-state index in [-0.39, 0.29) is 11.9 Å². The van der Waals surface area contributed by atoms with Crippen molar-refractivity contribution in [2.75, 3.05) is 24.0 Å². The van der Waals surface area contributed by atoms with E-state index in [1.165, 1.54) is 0 Å². The number of carbonyl (C=O) groups is 1. The summed E-state index contributed by atoms with van der Waals surface area (Å²) in [5.41, 5.74) is 2.99. The van der Waals surface area contributed by atoms with Crippen molar-refractivity contribution in [3.05, 3.63) is 42.0 Å². The zero-order valence-electron chi connectivity index (χ0n) is 13.3. The van der Waals surface area contributed by atoms with Crippen molar-refractivity contribution in [1.82, 2.24) is 5.32 Å². The third kappa shape index (κ3) is 5.79. The van der Waals surface area contributed by atoms with Gasteiger partial charge >= 0.3 is 0 Å². The molecular weight excluding hydrogens is 298 g/mol. The first-order chi connectivity index (χ1) is 9.99. The summed E-state index contributed by atoms with van der Waals surface area (Å²) in [7, 11) is 0. The number of nitrogens with one attached hydrogen (secondary N) is 1. The second kappa shape index (κ2) is 9.21. The molecule has 0 saturated heterocycles. The summed E-state index contributed by atoms with van der Waals surface area (Å²) in [5, 5.41) is 2.90. The maximum atomic E-state index is 11.9. The SMILES string of the molecule is C=C(c1ccc(C(=O)NC(C)C)cc1)C(CSC)CSC. The highest BCUT2D eigenvalue weighted by Crippen LogP contribution is 2.27. The van der Waals surface area contributed by atoms with Crippen LogP contribution in [0.1, 0.15) is 29.8 Å². The van der Waals surface area contributed by atoms with E-state index in [0.717, 1.165) is 22.6 Å². The molecule has 21 heavy (non-hydrogen) atoms. The molecule has 1 aromatic rings. The lowest BCUT2D eigenvalue weighted by molar-refractivity contribution is 0.0943. The number of benzene rings is 1. The van der Waals surface area contributed by atoms with Crippen LogP contribution in [0.4, 0.5) is 0 Å². The molecule has 0 bridgehead atoms. The van der Waals surface area contributed by atoms with Crippen LogP contribution < -0.4 is 5.32 Å². The van der Waals surface area contributed by atoms with Crippen molar-refractivity contribution in [1.29, 1.82) is 0 Å². The fourth-order valence-electron chi connectivity index (χ4n) is 2.07. The molecule has 0 saturated carbocycles. The molecule has 0 fully saturated rings. The molecule has 0 aliphatic heterocycles. The lowest BCUT2D eigenvalue weighted by atomic mass is 9.96. The predicted octanol–water partition coefficient (Wildman–Crippen LogP) is 4.18. The number of amides is 1. The number of allylic oxidation sites excluding steroid dienone is 1. The van der Waals surface area contributed by atoms with Gasteiger partial charge in [-0.25, -0.2) is 0 Å². The maximum Gasteiger partial charge on any atom is 0.251 e. The van der Waals surface area contributed by atoms with Crippen LogP contribution in [0.3, 0.4) is 0 Å². The Morgan fingerprint density at radius 1 is 1.10 bits per heavy atom. The first-order valence-corrected chi connectivity index (χ1v) is 9.86. The minimum Gasteiger partial charge on any atom is -0.350 e. The highest BCUT2D eigenvalue weighted by Gasteiger charge is 2.14. The average molecular weight is 324 g/mol. The van der Waals surface area contributed by atoms with E-state index in [1.807, 2.05) is 61.6 Å². The van der Waals surface area contributed by atoms with Gasteiger partial charge in [-0.1, -0.05) is 18.7 Å². The van der Waals surface area contributed by atoms with Gasteiger partial charge in [0.1, 0.15) is 0 Å². The van der Waals surface area contributed by atoms with E-state index in [2.05, 4.69) is 24.4 Å². The lowest BCUT2D eigenvalue weighted by Crippen LogP contribution is -2.30. The number of thioether (sulfide) groups is 2. The Hall–Kier alpha value is -0.870. The van der Waals surface area contributed by atoms with Gasteiger partial charge in [-0.15, -0.1) is 0 Å². The molecule has 0 aromatic heterocycles. The van der Waals surface area contributed by atoms with E-state index >= 15 is 0 Å². The highest BCUT2D eigenvalue weighted by atomic mass is 32.2. The summed E-state index contributed by atoms with van der Waals surface area (Å²) < 4.78 is 0. The van der Waals surface area contributed by atoms with Crippen LogP contribution in [0.15, 0.2) is 30.8 Å². The molecule has 1 N–H and O–H groups in total. The van der Waals surface area contributed by atoms with Crippen LogP contribution in [0.25, 0.3) is 5.57 Å². The molecule has 0 heterocycles. The molecule has 0 atom stereocenters. The van der Waals surface area contributed by atoms with Crippen molar-refractivity contribution in [2.24, 2.45) is 5.92 Å². The van der Waals surface area contributed by atoms with Crippen LogP contribution in [0.2, 0.25) is 0 Å². The van der Waals surface area contributed by atoms with Crippen LogP contribution in [-0.4, -0.2) is 36.0 Å². The molecule has 0 aliphatic carbocycles. The molecule has 0 radical (unpaired) electrons. The van der Waals surface area contributed by atoms with E-state index < -0.39 is 0 Å². The Labute approximate surface area is 137 Å². The Morgan fingerprint density at radius 3 is 2.00 bits per heavy atom. The Bertz CT molecular complexity index is 462. The second-order valence-corrected chi connectivity index (χ2v) is 7.16. The van der Waals surface area contributed by atoms with Gasteiger partial charge in [0, 0.05) is 29.0 Å². The van der Waals surface area contributed by atoms with Crippen LogP contribution in [0.5, 0.6) is 0 Å². The zero-order chi connectivity index (χ0) is 15.8. The number of rotatable bonds is 8. The largest absolute Gasteiger partial charge is 0.350 e. The fourth-order valence-corrected chi connectivity index (χ4v) is 3.66.